The molecule has 0 unspecified atom stereocenters. The van der Waals surface area contributed by atoms with Crippen molar-refractivity contribution in [2.75, 3.05) is 7.11 Å². The maximum atomic E-state index is 8.83. The second-order valence-corrected chi connectivity index (χ2v) is 17.4. The third-order valence-electron chi connectivity index (χ3n) is 10.9. The first-order valence-corrected chi connectivity index (χ1v) is 19.9. The number of para-hydroxylation sites is 1. The van der Waals surface area contributed by atoms with Crippen LogP contribution in [0.25, 0.3) is 72.7 Å². The molecule has 0 saturated carbocycles. The highest BCUT2D eigenvalue weighted by atomic mass is 16.5. The third kappa shape index (κ3) is 7.72. The molecule has 8 rings (SSSR count). The van der Waals surface area contributed by atoms with Gasteiger partial charge in [-0.3, -0.25) is 9.55 Å². The van der Waals surface area contributed by atoms with Crippen LogP contribution in [0, 0.1) is 27.6 Å². The summed E-state index contributed by atoms with van der Waals surface area (Å²) in [4.78, 5) is 10.3. The van der Waals surface area contributed by atoms with Gasteiger partial charge in [0.2, 0.25) is 0 Å². The van der Waals surface area contributed by atoms with Gasteiger partial charge in [0.1, 0.15) is 11.6 Å². The van der Waals surface area contributed by atoms with Crippen molar-refractivity contribution in [3.05, 3.63) is 167 Å². The summed E-state index contributed by atoms with van der Waals surface area (Å²) in [6.45, 7) is 11.7. The van der Waals surface area contributed by atoms with E-state index < -0.39 is 43.4 Å². The van der Waals surface area contributed by atoms with Crippen molar-refractivity contribution in [2.24, 2.45) is 0 Å². The van der Waals surface area contributed by atoms with Crippen molar-refractivity contribution >= 4 is 11.0 Å². The topological polar surface area (TPSA) is 39.9 Å². The zero-order valence-corrected chi connectivity index (χ0v) is 35.1. The van der Waals surface area contributed by atoms with Gasteiger partial charge >= 0.3 is 0 Å². The number of ether oxygens (including phenoxy) is 1. The van der Waals surface area contributed by atoms with Gasteiger partial charge < -0.3 is 4.74 Å². The molecule has 6 aromatic carbocycles. The molecule has 0 radical (unpaired) electrons. The van der Waals surface area contributed by atoms with E-state index in [1.165, 1.54) is 0 Å². The van der Waals surface area contributed by atoms with Gasteiger partial charge in [-0.1, -0.05) is 131 Å². The molecule has 0 aliphatic heterocycles. The number of hydrogen-bond donors (Lipinski definition) is 0. The first-order valence-electron chi connectivity index (χ1n) is 24.9. The molecule has 296 valence electrons. The number of imidazole rings is 1. The molecule has 8 aromatic rings. The zero-order chi connectivity index (χ0) is 50.3. The minimum atomic E-state index is -2.83. The van der Waals surface area contributed by atoms with E-state index in [1.807, 2.05) is 56.3 Å². The van der Waals surface area contributed by atoms with Gasteiger partial charge in [-0.15, -0.1) is 0 Å². The fourth-order valence-corrected chi connectivity index (χ4v) is 7.82. The first kappa shape index (κ1) is 29.0. The van der Waals surface area contributed by atoms with Gasteiger partial charge in [0, 0.05) is 31.1 Å². The van der Waals surface area contributed by atoms with Crippen LogP contribution in [-0.4, -0.2) is 21.6 Å². The van der Waals surface area contributed by atoms with Crippen LogP contribution in [0.3, 0.4) is 0 Å². The second kappa shape index (κ2) is 15.2. The van der Waals surface area contributed by atoms with E-state index in [0.717, 1.165) is 66.8 Å². The fourth-order valence-electron chi connectivity index (χ4n) is 7.82. The van der Waals surface area contributed by atoms with Gasteiger partial charge in [0.05, 0.1) is 40.6 Å². The van der Waals surface area contributed by atoms with E-state index in [9.17, 15) is 0 Å². The minimum absolute atomic E-state index is 0.0186. The smallest absolute Gasteiger partial charge is 0.149 e. The lowest BCUT2D eigenvalue weighted by Gasteiger charge is -2.22. The quantitative estimate of drug-likeness (QED) is 0.162. The molecule has 0 fully saturated rings. The lowest BCUT2D eigenvalue weighted by atomic mass is 9.83. The van der Waals surface area contributed by atoms with Gasteiger partial charge in [0.25, 0.3) is 0 Å². The van der Waals surface area contributed by atoms with E-state index in [1.54, 1.807) is 37.6 Å². The van der Waals surface area contributed by atoms with Crippen molar-refractivity contribution in [3.8, 4) is 67.5 Å². The van der Waals surface area contributed by atoms with Crippen molar-refractivity contribution in [3.63, 3.8) is 0 Å². The van der Waals surface area contributed by atoms with E-state index in [-0.39, 0.29) is 22.0 Å². The number of benzene rings is 6. The summed E-state index contributed by atoms with van der Waals surface area (Å²) < 4.78 is 92.0. The molecule has 4 heteroatoms. The first-order chi connectivity index (χ1) is 32.2. The zero-order valence-electron chi connectivity index (χ0n) is 45.1. The van der Waals surface area contributed by atoms with E-state index >= 15 is 0 Å². The highest BCUT2D eigenvalue weighted by Gasteiger charge is 2.25. The summed E-state index contributed by atoms with van der Waals surface area (Å²) in [5.41, 5.74) is 11.0. The molecule has 0 amide bonds. The Balaban J connectivity index is 1.41. The maximum absolute atomic E-state index is 8.83. The summed E-state index contributed by atoms with van der Waals surface area (Å²) in [5.74, 6) is 1.26. The van der Waals surface area contributed by atoms with Crippen molar-refractivity contribution in [1.82, 2.24) is 14.5 Å². The van der Waals surface area contributed by atoms with Crippen molar-refractivity contribution in [2.45, 2.75) is 79.9 Å². The number of aryl methyl sites for hydroxylation is 3. The minimum Gasteiger partial charge on any atom is -0.496 e. The number of nitrogens with zero attached hydrogens (tertiary/aromatic N) is 3. The van der Waals surface area contributed by atoms with Crippen molar-refractivity contribution in [1.29, 1.82) is 0 Å². The molecule has 0 saturated heterocycles. The Morgan fingerprint density at radius 1 is 0.593 bits per heavy atom. The monoisotopic (exact) mass is 783 g/mol. The Kier molecular flexibility index (Phi) is 7.46. The molecule has 0 atom stereocenters. The fraction of sp³-hybridized carbons (Fsp3) is 0.236. The summed E-state index contributed by atoms with van der Waals surface area (Å²) in [7, 11) is 1.65. The largest absolute Gasteiger partial charge is 0.496 e. The highest BCUT2D eigenvalue weighted by molar-refractivity contribution is 5.98. The van der Waals surface area contributed by atoms with Crippen LogP contribution in [0.2, 0.25) is 0 Å². The normalized spacial score (nSPS) is 14.9. The average Bonchev–Trinajstić information content (AvgIpc) is 3.66. The number of aromatic nitrogens is 3. The predicted molar refractivity (Wildman–Crippen MR) is 249 cm³/mol. The van der Waals surface area contributed by atoms with Gasteiger partial charge in [-0.25, -0.2) is 4.98 Å². The summed E-state index contributed by atoms with van der Waals surface area (Å²) in [6.07, 6.45) is 1.55. The average molecular weight is 784 g/mol. The molecule has 0 aliphatic carbocycles. The number of methoxy groups -OCH3 is 1. The van der Waals surface area contributed by atoms with Crippen molar-refractivity contribution < 1.29 is 18.4 Å². The molecule has 0 spiro atoms. The number of hydrogen-bond acceptors (Lipinski definition) is 3. The molecule has 0 N–H and O–H groups in total. The van der Waals surface area contributed by atoms with E-state index in [0.29, 0.717) is 28.3 Å². The lowest BCUT2D eigenvalue weighted by Crippen LogP contribution is -2.11. The van der Waals surface area contributed by atoms with Crippen LogP contribution in [0.5, 0.6) is 5.75 Å². The second-order valence-electron chi connectivity index (χ2n) is 17.4. The Hall–Kier alpha value is -6.26. The lowest BCUT2D eigenvalue weighted by molar-refractivity contribution is 0.413. The van der Waals surface area contributed by atoms with Crippen LogP contribution in [-0.2, 0) is 10.8 Å². The molecule has 0 aliphatic rings. The van der Waals surface area contributed by atoms with Crippen LogP contribution >= 0.6 is 0 Å². The van der Waals surface area contributed by atoms with Gasteiger partial charge in [-0.05, 0) is 131 Å². The molecular weight excluding hydrogens is 719 g/mol. The molecule has 0 bridgehead atoms. The summed E-state index contributed by atoms with van der Waals surface area (Å²) in [5, 5.41) is 0. The van der Waals surface area contributed by atoms with Gasteiger partial charge in [-0.2, -0.15) is 0 Å². The van der Waals surface area contributed by atoms with Crippen LogP contribution in [0.15, 0.2) is 133 Å². The standard InChI is InChI=1S/C55H55N3O/c1-34-15-18-38(19-16-34)40-25-26-56-48(33-40)42-30-41(31-44(32-42)55(8,9)10)45-13-12-14-50-51(45)57-53(47-29-36(3)27-37(4)52(47)59-11)58(50)49-24-17-35(2)28-46(49)39-20-22-43(23-21-39)54(5,6)7/h12-33H,1-11H3/i1D3,2D3,15D,16D,18D,19D. The number of rotatable bonds is 7. The van der Waals surface area contributed by atoms with Gasteiger partial charge in [0.15, 0.2) is 0 Å². The predicted octanol–water partition coefficient (Wildman–Crippen LogP) is 14.6. The van der Waals surface area contributed by atoms with E-state index in [4.69, 9.17) is 28.4 Å². The molecular formula is C55H55N3O. The molecule has 2 aromatic heterocycles. The van der Waals surface area contributed by atoms with Crippen LogP contribution < -0.4 is 4.74 Å². The molecule has 4 nitrogen and oxygen atoms in total. The Morgan fingerprint density at radius 2 is 1.31 bits per heavy atom. The van der Waals surface area contributed by atoms with Crippen LogP contribution in [0.1, 0.15) is 88.6 Å². The Bertz CT molecular complexity index is 3290. The third-order valence-corrected chi connectivity index (χ3v) is 10.9. The number of pyridine rings is 1. The highest BCUT2D eigenvalue weighted by Crippen LogP contribution is 2.43. The Labute approximate surface area is 364 Å². The summed E-state index contributed by atoms with van der Waals surface area (Å²) >= 11 is 0. The Morgan fingerprint density at radius 3 is 2.00 bits per heavy atom. The van der Waals surface area contributed by atoms with Crippen LogP contribution in [0.4, 0.5) is 0 Å². The molecule has 59 heavy (non-hydrogen) atoms. The SMILES string of the molecule is [2H]c1c([2H])c(C([2H])([2H])[2H])c([2H])c([2H])c1-c1ccnc(-c2cc(-c3cccc4c3nc(-c3cc(C)cc(C)c3OC)n4-c3ccc(C([2H])([2H])[2H])cc3-c3ccc(C(C)(C)C)cc3)cc(C(C)(C)C)c2)c1. The maximum Gasteiger partial charge on any atom is 0.149 e. The number of fused-ring (bicyclic) bond motifs is 1. The summed E-state index contributed by atoms with van der Waals surface area (Å²) in [6, 6.07) is 31.2. The van der Waals surface area contributed by atoms with E-state index in [2.05, 4.69) is 82.5 Å². The molecule has 2 heterocycles.